The first-order chi connectivity index (χ1) is 7.72. The summed E-state index contributed by atoms with van der Waals surface area (Å²) in [5, 5.41) is 3.24. The van der Waals surface area contributed by atoms with Crippen LogP contribution in [0.1, 0.15) is 22.0 Å². The van der Waals surface area contributed by atoms with Gasteiger partial charge in [-0.25, -0.2) is 4.98 Å². The predicted molar refractivity (Wildman–Crippen MR) is 66.4 cm³/mol. The molecular formula is C11H14N4S. The number of nitrogens with zero attached hydrogens (tertiary/aromatic N) is 2. The quantitative estimate of drug-likeness (QED) is 0.849. The molecule has 0 spiro atoms. The van der Waals surface area contributed by atoms with E-state index in [0.29, 0.717) is 5.82 Å². The van der Waals surface area contributed by atoms with Crippen LogP contribution in [-0.2, 0) is 0 Å². The number of pyridine rings is 1. The maximum absolute atomic E-state index is 5.91. The molecule has 0 saturated carbocycles. The predicted octanol–water partition coefficient (Wildman–Crippen LogP) is 1.74. The molecule has 0 radical (unpaired) electrons. The number of nitrogens with two attached hydrogens (primary N) is 1. The number of hydrogen-bond donors (Lipinski definition) is 2. The van der Waals surface area contributed by atoms with Gasteiger partial charge in [0.1, 0.15) is 5.82 Å². The molecular weight excluding hydrogens is 220 g/mol. The molecule has 2 rings (SSSR count). The first-order valence-corrected chi connectivity index (χ1v) is 5.88. The maximum Gasteiger partial charge on any atom is 0.128 e. The number of nitrogens with one attached hydrogen (secondary N) is 1. The number of rotatable bonds is 3. The third-order valence-electron chi connectivity index (χ3n) is 2.42. The minimum absolute atomic E-state index is 0.0694. The Morgan fingerprint density at radius 1 is 1.44 bits per heavy atom. The van der Waals surface area contributed by atoms with Gasteiger partial charge in [-0.05, 0) is 25.6 Å². The zero-order valence-electron chi connectivity index (χ0n) is 9.27. The van der Waals surface area contributed by atoms with Crippen molar-refractivity contribution in [3.63, 3.8) is 0 Å². The fourth-order valence-electron chi connectivity index (χ4n) is 1.65. The molecule has 1 unspecified atom stereocenters. The van der Waals surface area contributed by atoms with Crippen molar-refractivity contribution >= 4 is 17.2 Å². The summed E-state index contributed by atoms with van der Waals surface area (Å²) in [5.74, 6) is 0.568. The summed E-state index contributed by atoms with van der Waals surface area (Å²) in [6.45, 7) is 2.01. The topological polar surface area (TPSA) is 63.8 Å². The van der Waals surface area contributed by atoms with Gasteiger partial charge in [-0.1, -0.05) is 0 Å². The van der Waals surface area contributed by atoms with Gasteiger partial charge in [-0.15, -0.1) is 11.3 Å². The maximum atomic E-state index is 5.91. The molecule has 0 aliphatic rings. The van der Waals surface area contributed by atoms with Crippen LogP contribution in [0.5, 0.6) is 0 Å². The second-order valence-electron chi connectivity index (χ2n) is 3.61. The highest BCUT2D eigenvalue weighted by Gasteiger charge is 2.16. The van der Waals surface area contributed by atoms with E-state index in [1.807, 2.05) is 25.7 Å². The zero-order chi connectivity index (χ0) is 11.5. The van der Waals surface area contributed by atoms with Crippen LogP contribution >= 0.6 is 11.3 Å². The molecule has 84 valence electrons. The molecule has 16 heavy (non-hydrogen) atoms. The monoisotopic (exact) mass is 234 g/mol. The highest BCUT2D eigenvalue weighted by Crippen LogP contribution is 2.27. The normalized spacial score (nSPS) is 12.6. The Balaban J connectivity index is 2.44. The molecule has 1 atom stereocenters. The SMILES string of the molecule is CNC(c1cncs1)c1cc(C)cnc1N. The van der Waals surface area contributed by atoms with Crippen molar-refractivity contribution in [3.05, 3.63) is 40.0 Å². The van der Waals surface area contributed by atoms with E-state index in [-0.39, 0.29) is 6.04 Å². The molecule has 4 nitrogen and oxygen atoms in total. The molecule has 0 aliphatic carbocycles. The van der Waals surface area contributed by atoms with Gasteiger partial charge in [0.2, 0.25) is 0 Å². The summed E-state index contributed by atoms with van der Waals surface area (Å²) >= 11 is 1.61. The lowest BCUT2D eigenvalue weighted by molar-refractivity contribution is 0.701. The highest BCUT2D eigenvalue weighted by molar-refractivity contribution is 7.09. The summed E-state index contributed by atoms with van der Waals surface area (Å²) < 4.78 is 0. The summed E-state index contributed by atoms with van der Waals surface area (Å²) in [5.41, 5.74) is 9.84. The van der Waals surface area contributed by atoms with Crippen molar-refractivity contribution < 1.29 is 0 Å². The van der Waals surface area contributed by atoms with Crippen LogP contribution in [0.4, 0.5) is 5.82 Å². The molecule has 0 saturated heterocycles. The van der Waals surface area contributed by atoms with Crippen LogP contribution in [0.25, 0.3) is 0 Å². The van der Waals surface area contributed by atoms with Gasteiger partial charge in [0.25, 0.3) is 0 Å². The van der Waals surface area contributed by atoms with Gasteiger partial charge in [0, 0.05) is 22.8 Å². The van der Waals surface area contributed by atoms with Gasteiger partial charge in [-0.3, -0.25) is 4.98 Å². The molecule has 0 aliphatic heterocycles. The lowest BCUT2D eigenvalue weighted by Gasteiger charge is -2.16. The van der Waals surface area contributed by atoms with Crippen molar-refractivity contribution in [1.82, 2.24) is 15.3 Å². The Morgan fingerprint density at radius 3 is 2.88 bits per heavy atom. The zero-order valence-corrected chi connectivity index (χ0v) is 10.1. The molecule has 2 heterocycles. The fourth-order valence-corrected chi connectivity index (χ4v) is 2.40. The average molecular weight is 234 g/mol. The lowest BCUT2D eigenvalue weighted by Crippen LogP contribution is -2.18. The molecule has 3 N–H and O–H groups in total. The van der Waals surface area contributed by atoms with E-state index in [1.54, 1.807) is 17.5 Å². The van der Waals surface area contributed by atoms with Crippen LogP contribution in [0.2, 0.25) is 0 Å². The van der Waals surface area contributed by atoms with Crippen LogP contribution in [-0.4, -0.2) is 17.0 Å². The van der Waals surface area contributed by atoms with E-state index in [1.165, 1.54) is 0 Å². The Kier molecular flexibility index (Phi) is 3.17. The first kappa shape index (κ1) is 11.0. The van der Waals surface area contributed by atoms with Crippen LogP contribution in [0.3, 0.4) is 0 Å². The van der Waals surface area contributed by atoms with Gasteiger partial charge >= 0.3 is 0 Å². The summed E-state index contributed by atoms with van der Waals surface area (Å²) in [4.78, 5) is 9.41. The van der Waals surface area contributed by atoms with Crippen LogP contribution in [0.15, 0.2) is 24.0 Å². The molecule has 0 bridgehead atoms. The lowest BCUT2D eigenvalue weighted by atomic mass is 10.1. The van der Waals surface area contributed by atoms with Crippen LogP contribution < -0.4 is 11.1 Å². The molecule has 0 fully saturated rings. The summed E-state index contributed by atoms with van der Waals surface area (Å²) in [6, 6.07) is 2.13. The summed E-state index contributed by atoms with van der Waals surface area (Å²) in [6.07, 6.45) is 3.63. The second kappa shape index (κ2) is 4.59. The van der Waals surface area contributed by atoms with Gasteiger partial charge in [-0.2, -0.15) is 0 Å². The molecule has 0 aromatic carbocycles. The van der Waals surface area contributed by atoms with Gasteiger partial charge in [0.15, 0.2) is 0 Å². The number of hydrogen-bond acceptors (Lipinski definition) is 5. The largest absolute Gasteiger partial charge is 0.383 e. The minimum atomic E-state index is 0.0694. The third kappa shape index (κ3) is 2.05. The van der Waals surface area contributed by atoms with Gasteiger partial charge in [0.05, 0.1) is 11.6 Å². The highest BCUT2D eigenvalue weighted by atomic mass is 32.1. The minimum Gasteiger partial charge on any atom is -0.383 e. The van der Waals surface area contributed by atoms with Crippen LogP contribution in [0, 0.1) is 6.92 Å². The molecule has 2 aromatic rings. The molecule has 5 heteroatoms. The van der Waals surface area contributed by atoms with E-state index >= 15 is 0 Å². The number of aromatic nitrogens is 2. The first-order valence-electron chi connectivity index (χ1n) is 5.00. The number of thiazole rings is 1. The average Bonchev–Trinajstić information content (AvgIpc) is 2.78. The molecule has 0 amide bonds. The summed E-state index contributed by atoms with van der Waals surface area (Å²) in [7, 11) is 1.91. The number of nitrogen functional groups attached to an aromatic ring is 1. The van der Waals surface area contributed by atoms with Crippen molar-refractivity contribution in [1.29, 1.82) is 0 Å². The van der Waals surface area contributed by atoms with E-state index in [0.717, 1.165) is 16.0 Å². The van der Waals surface area contributed by atoms with E-state index in [9.17, 15) is 0 Å². The smallest absolute Gasteiger partial charge is 0.128 e. The fraction of sp³-hybridized carbons (Fsp3) is 0.273. The Hall–Kier alpha value is -1.46. The van der Waals surface area contributed by atoms with E-state index < -0.39 is 0 Å². The van der Waals surface area contributed by atoms with E-state index in [2.05, 4.69) is 21.4 Å². The third-order valence-corrected chi connectivity index (χ3v) is 3.26. The Labute approximate surface area is 98.6 Å². The van der Waals surface area contributed by atoms with Crippen molar-refractivity contribution in [2.24, 2.45) is 0 Å². The second-order valence-corrected chi connectivity index (χ2v) is 4.53. The molecule has 2 aromatic heterocycles. The van der Waals surface area contributed by atoms with Gasteiger partial charge < -0.3 is 11.1 Å². The number of aryl methyl sites for hydroxylation is 1. The Morgan fingerprint density at radius 2 is 2.25 bits per heavy atom. The van der Waals surface area contributed by atoms with Crippen molar-refractivity contribution in [3.8, 4) is 0 Å². The number of anilines is 1. The van der Waals surface area contributed by atoms with Crippen molar-refractivity contribution in [2.45, 2.75) is 13.0 Å². The van der Waals surface area contributed by atoms with Crippen molar-refractivity contribution in [2.75, 3.05) is 12.8 Å². The standard InChI is InChI=1S/C11H14N4S/c1-7-3-8(11(12)15-4-7)10(13-2)9-5-14-6-16-9/h3-6,10,13H,1-2H3,(H2,12,15). The Bertz CT molecular complexity index is 467. The van der Waals surface area contributed by atoms with E-state index in [4.69, 9.17) is 5.73 Å².